The summed E-state index contributed by atoms with van der Waals surface area (Å²) in [6.45, 7) is 4.16. The molecule has 0 aromatic carbocycles. The van der Waals surface area contributed by atoms with Gasteiger partial charge in [-0.1, -0.05) is 6.58 Å². The molecule has 3 heteroatoms. The molecule has 0 unspecified atom stereocenters. The van der Waals surface area contributed by atoms with Crippen LogP contribution in [0.4, 0.5) is 4.39 Å². The molecule has 0 bridgehead atoms. The Balaban J connectivity index is 2.87. The van der Waals surface area contributed by atoms with E-state index in [0.29, 0.717) is 24.2 Å². The zero-order valence-electron chi connectivity index (χ0n) is 6.76. The van der Waals surface area contributed by atoms with Crippen LogP contribution in [-0.4, -0.2) is 11.5 Å². The van der Waals surface area contributed by atoms with Crippen LogP contribution in [0.3, 0.4) is 0 Å². The predicted molar refractivity (Wildman–Crippen MR) is 46.9 cm³/mol. The molecule has 0 fully saturated rings. The minimum Gasteiger partial charge on any atom is -0.330 e. The normalized spacial score (nSPS) is 9.83. The van der Waals surface area contributed by atoms with Crippen molar-refractivity contribution in [2.45, 2.75) is 6.42 Å². The van der Waals surface area contributed by atoms with E-state index in [4.69, 9.17) is 5.73 Å². The summed E-state index contributed by atoms with van der Waals surface area (Å²) in [6, 6.07) is 2.92. The fraction of sp³-hybridized carbons (Fsp3) is 0.222. The molecule has 64 valence electrons. The number of rotatable bonds is 3. The van der Waals surface area contributed by atoms with E-state index < -0.39 is 0 Å². The quantitative estimate of drug-likeness (QED) is 0.740. The highest BCUT2D eigenvalue weighted by Gasteiger charge is 2.04. The molecule has 0 saturated carbocycles. The lowest BCUT2D eigenvalue weighted by atomic mass is 10.1. The van der Waals surface area contributed by atoms with Crippen LogP contribution in [0.15, 0.2) is 24.9 Å². The third-order valence-electron chi connectivity index (χ3n) is 1.54. The van der Waals surface area contributed by atoms with Gasteiger partial charge in [-0.2, -0.15) is 0 Å². The number of halogens is 1. The third kappa shape index (κ3) is 1.89. The molecule has 0 amide bonds. The second-order valence-electron chi connectivity index (χ2n) is 2.48. The maximum absolute atomic E-state index is 13.0. The highest BCUT2D eigenvalue weighted by atomic mass is 19.1. The van der Waals surface area contributed by atoms with E-state index in [-0.39, 0.29) is 5.82 Å². The van der Waals surface area contributed by atoms with Crippen molar-refractivity contribution in [3.8, 4) is 0 Å². The van der Waals surface area contributed by atoms with Crippen molar-refractivity contribution in [2.24, 2.45) is 5.73 Å². The smallest absolute Gasteiger partial charge is 0.149 e. The summed E-state index contributed by atoms with van der Waals surface area (Å²) in [5.74, 6) is -0.337. The molecular weight excluding hydrogens is 155 g/mol. The monoisotopic (exact) mass is 166 g/mol. The molecule has 2 nitrogen and oxygen atoms in total. The first-order valence-corrected chi connectivity index (χ1v) is 3.74. The minimum atomic E-state index is -0.337. The van der Waals surface area contributed by atoms with Crippen molar-refractivity contribution in [1.29, 1.82) is 0 Å². The Morgan fingerprint density at radius 3 is 3.00 bits per heavy atom. The molecule has 1 heterocycles. The van der Waals surface area contributed by atoms with Gasteiger partial charge in [0.2, 0.25) is 0 Å². The Hall–Kier alpha value is -1.22. The van der Waals surface area contributed by atoms with E-state index in [1.54, 1.807) is 12.3 Å². The summed E-state index contributed by atoms with van der Waals surface area (Å²) in [5.41, 5.74) is 6.28. The van der Waals surface area contributed by atoms with Crippen LogP contribution in [0.2, 0.25) is 0 Å². The highest BCUT2D eigenvalue weighted by Crippen LogP contribution is 2.15. The fourth-order valence-electron chi connectivity index (χ4n) is 0.938. The molecule has 0 saturated heterocycles. The van der Waals surface area contributed by atoms with Crippen molar-refractivity contribution >= 4 is 5.57 Å². The van der Waals surface area contributed by atoms with E-state index >= 15 is 0 Å². The van der Waals surface area contributed by atoms with Gasteiger partial charge in [-0.05, 0) is 30.7 Å². The Morgan fingerprint density at radius 2 is 2.42 bits per heavy atom. The molecule has 0 aliphatic heterocycles. The molecule has 0 aliphatic rings. The summed E-state index contributed by atoms with van der Waals surface area (Å²) in [7, 11) is 0. The van der Waals surface area contributed by atoms with Crippen molar-refractivity contribution in [3.63, 3.8) is 0 Å². The summed E-state index contributed by atoms with van der Waals surface area (Å²) in [6.07, 6.45) is 2.12. The number of hydrogen-bond donors (Lipinski definition) is 1. The Morgan fingerprint density at radius 1 is 1.67 bits per heavy atom. The summed E-state index contributed by atoms with van der Waals surface area (Å²) in [4.78, 5) is 3.87. The molecule has 0 radical (unpaired) electrons. The summed E-state index contributed by atoms with van der Waals surface area (Å²) in [5, 5.41) is 0. The lowest BCUT2D eigenvalue weighted by Crippen LogP contribution is -2.01. The van der Waals surface area contributed by atoms with Gasteiger partial charge in [-0.25, -0.2) is 4.39 Å². The average molecular weight is 166 g/mol. The van der Waals surface area contributed by atoms with Crippen molar-refractivity contribution in [2.75, 3.05) is 6.54 Å². The van der Waals surface area contributed by atoms with Gasteiger partial charge in [0.15, 0.2) is 0 Å². The van der Waals surface area contributed by atoms with E-state index in [9.17, 15) is 4.39 Å². The van der Waals surface area contributed by atoms with Crippen LogP contribution in [-0.2, 0) is 0 Å². The van der Waals surface area contributed by atoms with Crippen molar-refractivity contribution in [3.05, 3.63) is 36.4 Å². The fourth-order valence-corrected chi connectivity index (χ4v) is 0.938. The van der Waals surface area contributed by atoms with Crippen molar-refractivity contribution in [1.82, 2.24) is 4.98 Å². The minimum absolute atomic E-state index is 0.322. The molecule has 0 spiro atoms. The lowest BCUT2D eigenvalue weighted by Gasteiger charge is -2.02. The van der Waals surface area contributed by atoms with Gasteiger partial charge in [-0.3, -0.25) is 4.98 Å². The molecular formula is C9H11FN2. The molecule has 12 heavy (non-hydrogen) atoms. The zero-order chi connectivity index (χ0) is 8.97. The summed E-state index contributed by atoms with van der Waals surface area (Å²) >= 11 is 0. The average Bonchev–Trinajstić information content (AvgIpc) is 2.05. The van der Waals surface area contributed by atoms with Crippen LogP contribution in [0, 0.1) is 5.82 Å². The van der Waals surface area contributed by atoms with Crippen LogP contribution < -0.4 is 5.73 Å². The molecule has 0 aliphatic carbocycles. The van der Waals surface area contributed by atoms with E-state index in [1.165, 1.54) is 6.07 Å². The first kappa shape index (κ1) is 8.87. The van der Waals surface area contributed by atoms with Gasteiger partial charge >= 0.3 is 0 Å². The Kier molecular flexibility index (Phi) is 2.94. The number of nitrogens with two attached hydrogens (primary N) is 1. The standard InChI is InChI=1S/C9H11FN2/c1-7(4-5-11)9-8(10)3-2-6-12-9/h2-3,6H,1,4-5,11H2. The lowest BCUT2D eigenvalue weighted by molar-refractivity contribution is 0.615. The van der Waals surface area contributed by atoms with Gasteiger partial charge in [0.1, 0.15) is 11.5 Å². The topological polar surface area (TPSA) is 38.9 Å². The zero-order valence-corrected chi connectivity index (χ0v) is 6.76. The highest BCUT2D eigenvalue weighted by molar-refractivity contribution is 5.60. The predicted octanol–water partition coefficient (Wildman–Crippen LogP) is 1.58. The van der Waals surface area contributed by atoms with Crippen LogP contribution >= 0.6 is 0 Å². The SMILES string of the molecule is C=C(CCN)c1ncccc1F. The van der Waals surface area contributed by atoms with Gasteiger partial charge in [-0.15, -0.1) is 0 Å². The number of aromatic nitrogens is 1. The van der Waals surface area contributed by atoms with Gasteiger partial charge in [0, 0.05) is 6.20 Å². The number of hydrogen-bond acceptors (Lipinski definition) is 2. The summed E-state index contributed by atoms with van der Waals surface area (Å²) < 4.78 is 13.0. The van der Waals surface area contributed by atoms with Gasteiger partial charge < -0.3 is 5.73 Å². The van der Waals surface area contributed by atoms with Crippen LogP contribution in [0.25, 0.3) is 5.57 Å². The number of pyridine rings is 1. The molecule has 1 rings (SSSR count). The molecule has 2 N–H and O–H groups in total. The number of nitrogens with zero attached hydrogens (tertiary/aromatic N) is 1. The van der Waals surface area contributed by atoms with E-state index in [1.807, 2.05) is 0 Å². The Labute approximate surface area is 70.9 Å². The second kappa shape index (κ2) is 3.97. The third-order valence-corrected chi connectivity index (χ3v) is 1.54. The van der Waals surface area contributed by atoms with Gasteiger partial charge in [0.25, 0.3) is 0 Å². The van der Waals surface area contributed by atoms with Crippen LogP contribution in [0.1, 0.15) is 12.1 Å². The maximum Gasteiger partial charge on any atom is 0.149 e. The second-order valence-corrected chi connectivity index (χ2v) is 2.48. The van der Waals surface area contributed by atoms with Crippen LogP contribution in [0.5, 0.6) is 0 Å². The molecule has 0 atom stereocenters. The first-order valence-electron chi connectivity index (χ1n) is 3.74. The molecule has 1 aromatic rings. The maximum atomic E-state index is 13.0. The Bertz CT molecular complexity index is 284. The van der Waals surface area contributed by atoms with E-state index in [2.05, 4.69) is 11.6 Å². The largest absolute Gasteiger partial charge is 0.330 e. The van der Waals surface area contributed by atoms with E-state index in [0.717, 1.165) is 0 Å². The molecule has 1 aromatic heterocycles. The van der Waals surface area contributed by atoms with Crippen molar-refractivity contribution < 1.29 is 4.39 Å². The van der Waals surface area contributed by atoms with Gasteiger partial charge in [0.05, 0.1) is 0 Å². The first-order chi connectivity index (χ1) is 5.75.